The second kappa shape index (κ2) is 7.09. The summed E-state index contributed by atoms with van der Waals surface area (Å²) in [6, 6.07) is 2.68. The third-order valence-electron chi connectivity index (χ3n) is 0.312. The topological polar surface area (TPSA) is 80.2 Å². The predicted octanol–water partition coefficient (Wildman–Crippen LogP) is -0.517. The van der Waals surface area contributed by atoms with Gasteiger partial charge in [0.05, 0.1) is 0 Å². The Hall–Kier alpha value is 0.0864. The summed E-state index contributed by atoms with van der Waals surface area (Å²) < 4.78 is 0. The average Bonchev–Trinajstić information content (AvgIpc) is 1.72. The Balaban J connectivity index is 0. The van der Waals surface area contributed by atoms with Crippen LogP contribution in [0.1, 0.15) is 0 Å². The van der Waals surface area contributed by atoms with Crippen molar-refractivity contribution >= 4 is 57.1 Å². The summed E-state index contributed by atoms with van der Waals surface area (Å²) >= 11 is 0. The van der Waals surface area contributed by atoms with Crippen molar-refractivity contribution in [2.24, 2.45) is 5.16 Å². The van der Waals surface area contributed by atoms with Crippen molar-refractivity contribution in [1.29, 1.82) is 10.5 Å². The summed E-state index contributed by atoms with van der Waals surface area (Å²) in [6.07, 6.45) is 0. The molecule has 1 N–H and O–H groups in total. The molecule has 4 nitrogen and oxygen atoms in total. The van der Waals surface area contributed by atoms with E-state index >= 15 is 0 Å². The van der Waals surface area contributed by atoms with Gasteiger partial charge in [0.1, 0.15) is 12.1 Å². The molecule has 0 aliphatic rings. The quantitative estimate of drug-likeness (QED) is 0.209. The number of hydrogen-bond donors (Lipinski definition) is 1. The molecular weight excluding hydrogens is 133 g/mol. The van der Waals surface area contributed by atoms with E-state index in [1.54, 1.807) is 0 Å². The molecule has 0 aliphatic heterocycles. The average molecular weight is 134 g/mol. The molecule has 0 atom stereocenters. The Morgan fingerprint density at radius 2 is 1.75 bits per heavy atom. The van der Waals surface area contributed by atoms with Crippen LogP contribution in [0.3, 0.4) is 0 Å². The minimum Gasteiger partial charge on any atom is -0.409 e. The van der Waals surface area contributed by atoms with E-state index in [9.17, 15) is 0 Å². The molecule has 0 aliphatic carbocycles. The van der Waals surface area contributed by atoms with Crippen LogP contribution < -0.4 is 0 Å². The first-order valence-corrected chi connectivity index (χ1v) is 1.37. The minimum atomic E-state index is -0.528. The fraction of sp³-hybridized carbons (Fsp3) is 0. The number of nitrogens with zero attached hydrogens (tertiary/aromatic N) is 3. The Bertz CT molecular complexity index is 146. The van der Waals surface area contributed by atoms with Crippen molar-refractivity contribution in [3.63, 3.8) is 0 Å². The summed E-state index contributed by atoms with van der Waals surface area (Å²) in [5.41, 5.74) is -0.528. The molecule has 5 heteroatoms. The van der Waals surface area contributed by atoms with Crippen LogP contribution in [0.5, 0.6) is 0 Å². The number of rotatable bonds is 0. The summed E-state index contributed by atoms with van der Waals surface area (Å²) in [4.78, 5) is 0. The Morgan fingerprint density at radius 3 is 1.75 bits per heavy atom. The van der Waals surface area contributed by atoms with E-state index in [0.717, 1.165) is 0 Å². The molecule has 0 heterocycles. The first kappa shape index (κ1) is 11.0. The van der Waals surface area contributed by atoms with E-state index in [1.165, 1.54) is 12.1 Å². The molecule has 0 bridgehead atoms. The van der Waals surface area contributed by atoms with Crippen LogP contribution in [0.15, 0.2) is 5.16 Å². The predicted molar refractivity (Wildman–Crippen MR) is 26.2 cm³/mol. The van der Waals surface area contributed by atoms with Gasteiger partial charge in [-0.15, -0.1) is 0 Å². The second-order valence-corrected chi connectivity index (χ2v) is 0.672. The van der Waals surface area contributed by atoms with Crippen LogP contribution >= 0.6 is 0 Å². The number of nitriles is 2. The fourth-order valence-corrected chi connectivity index (χ4v) is 0.0697. The van der Waals surface area contributed by atoms with Crippen molar-refractivity contribution in [3.05, 3.63) is 0 Å². The van der Waals surface area contributed by atoms with Gasteiger partial charge in [-0.1, -0.05) is 5.16 Å². The van der Waals surface area contributed by atoms with Gasteiger partial charge in [-0.05, 0) is 0 Å². The second-order valence-electron chi connectivity index (χ2n) is 0.672. The molecule has 8 heavy (non-hydrogen) atoms. The maximum absolute atomic E-state index is 7.76. The minimum absolute atomic E-state index is 0. The summed E-state index contributed by atoms with van der Waals surface area (Å²) in [5, 5.41) is 25.5. The monoisotopic (exact) mass is 134 g/mol. The van der Waals surface area contributed by atoms with Gasteiger partial charge in [0, 0.05) is 51.4 Å². The van der Waals surface area contributed by atoms with Crippen molar-refractivity contribution in [2.45, 2.75) is 0 Å². The zero-order valence-electron chi connectivity index (χ0n) is 4.29. The first-order valence-electron chi connectivity index (χ1n) is 1.37. The Kier molecular flexibility index (Phi) is 9.71. The Morgan fingerprint density at radius 1 is 1.38 bits per heavy atom. The zero-order chi connectivity index (χ0) is 5.70. The van der Waals surface area contributed by atoms with Crippen LogP contribution in [0.2, 0.25) is 0 Å². The van der Waals surface area contributed by atoms with E-state index in [0.29, 0.717) is 0 Å². The number of oxime groups is 1. The summed E-state index contributed by atoms with van der Waals surface area (Å²) in [7, 11) is 0. The molecule has 0 amide bonds. The Labute approximate surface area is 88.8 Å². The van der Waals surface area contributed by atoms with E-state index in [-0.39, 0.29) is 51.4 Å². The van der Waals surface area contributed by atoms with Crippen molar-refractivity contribution in [1.82, 2.24) is 0 Å². The molecule has 0 fully saturated rings. The largest absolute Gasteiger partial charge is 0.409 e. The molecule has 0 saturated heterocycles. The molecule has 0 aromatic heterocycles. The van der Waals surface area contributed by atoms with Gasteiger partial charge in [-0.25, -0.2) is 0 Å². The van der Waals surface area contributed by atoms with E-state index in [2.05, 4.69) is 5.16 Å². The maximum atomic E-state index is 7.76. The van der Waals surface area contributed by atoms with Gasteiger partial charge in [0.15, 0.2) is 0 Å². The standard InChI is InChI=1S/C3HN3O.K/c4-1-3(2-5)6-7;/h7H;. The molecule has 0 aromatic carbocycles. The SMILES string of the molecule is N#CC(C#N)=NO.[K]. The summed E-state index contributed by atoms with van der Waals surface area (Å²) in [5.74, 6) is 0. The molecular formula is C3HKN3O. The van der Waals surface area contributed by atoms with Gasteiger partial charge < -0.3 is 5.21 Å². The fourth-order valence-electron chi connectivity index (χ4n) is 0.0697. The molecule has 0 saturated carbocycles. The van der Waals surface area contributed by atoms with Gasteiger partial charge in [0.2, 0.25) is 0 Å². The third-order valence-corrected chi connectivity index (χ3v) is 0.312. The van der Waals surface area contributed by atoms with Crippen molar-refractivity contribution in [3.8, 4) is 12.1 Å². The zero-order valence-corrected chi connectivity index (χ0v) is 7.41. The van der Waals surface area contributed by atoms with Gasteiger partial charge in [0.25, 0.3) is 5.71 Å². The molecule has 0 rings (SSSR count). The normalized spacial score (nSPS) is 4.75. The van der Waals surface area contributed by atoms with Crippen LogP contribution in [0.4, 0.5) is 0 Å². The van der Waals surface area contributed by atoms with Crippen LogP contribution in [-0.4, -0.2) is 62.3 Å². The molecule has 0 unspecified atom stereocenters. The number of hydrogen-bond acceptors (Lipinski definition) is 4. The van der Waals surface area contributed by atoms with Crippen LogP contribution in [0.25, 0.3) is 0 Å². The third kappa shape index (κ3) is 4.25. The molecule has 0 aromatic rings. The van der Waals surface area contributed by atoms with Gasteiger partial charge in [-0.2, -0.15) is 10.5 Å². The van der Waals surface area contributed by atoms with Gasteiger partial charge >= 0.3 is 0 Å². The molecule has 35 valence electrons. The van der Waals surface area contributed by atoms with Crippen molar-refractivity contribution in [2.75, 3.05) is 0 Å². The van der Waals surface area contributed by atoms with Gasteiger partial charge in [-0.3, -0.25) is 0 Å². The van der Waals surface area contributed by atoms with Crippen molar-refractivity contribution < 1.29 is 5.21 Å². The van der Waals surface area contributed by atoms with E-state index in [4.69, 9.17) is 15.7 Å². The smallest absolute Gasteiger partial charge is 0.255 e. The molecule has 0 spiro atoms. The molecule has 1 radical (unpaired) electrons. The van der Waals surface area contributed by atoms with E-state index in [1.807, 2.05) is 0 Å². The van der Waals surface area contributed by atoms with Crippen LogP contribution in [-0.2, 0) is 0 Å². The van der Waals surface area contributed by atoms with Crippen LogP contribution in [0, 0.1) is 22.7 Å². The maximum Gasteiger partial charge on any atom is 0.255 e. The van der Waals surface area contributed by atoms with E-state index < -0.39 is 5.71 Å². The summed E-state index contributed by atoms with van der Waals surface area (Å²) in [6.45, 7) is 0. The first-order chi connectivity index (χ1) is 3.35.